The Kier molecular flexibility index (Phi) is 31.2. The van der Waals surface area contributed by atoms with E-state index in [2.05, 4.69) is 32.3 Å². The van der Waals surface area contributed by atoms with Crippen LogP contribution in [-0.2, 0) is 14.3 Å². The number of nitrogens with zero attached hydrogens (tertiary/aromatic N) is 4. The Morgan fingerprint density at radius 2 is 0.952 bits per heavy atom. The summed E-state index contributed by atoms with van der Waals surface area (Å²) in [5.41, 5.74) is 2.89. The maximum absolute atomic E-state index is 13.4. The molecule has 12 nitrogen and oxygen atoms in total. The second-order valence-electron chi connectivity index (χ2n) is 20.7. The maximum Gasteiger partial charge on any atom is 0.313 e. The van der Waals surface area contributed by atoms with Crippen molar-refractivity contribution < 1.29 is 28.7 Å². The summed E-state index contributed by atoms with van der Waals surface area (Å²) in [5.74, 6) is 0.631. The summed E-state index contributed by atoms with van der Waals surface area (Å²) in [6.07, 6.45) is 12.4. The zero-order chi connectivity index (χ0) is 62.9. The highest BCUT2D eigenvalue weighted by molar-refractivity contribution is 6.22. The Morgan fingerprint density at radius 1 is 0.494 bits per heavy atom. The summed E-state index contributed by atoms with van der Waals surface area (Å²) in [6, 6.07) is 23.8. The van der Waals surface area contributed by atoms with E-state index in [4.69, 9.17) is 4.74 Å². The molecule has 0 aliphatic carbocycles. The van der Waals surface area contributed by atoms with Gasteiger partial charge in [-0.15, -0.1) is 0 Å². The first-order chi connectivity index (χ1) is 40.5. The van der Waals surface area contributed by atoms with Crippen molar-refractivity contribution in [2.45, 2.75) is 257 Å². The van der Waals surface area contributed by atoms with Crippen LogP contribution in [0.4, 0.5) is 17.1 Å². The van der Waals surface area contributed by atoms with Crippen LogP contribution in [0.1, 0.15) is 253 Å². The molecule has 468 valence electrons. The van der Waals surface area contributed by atoms with Gasteiger partial charge in [0.25, 0.3) is 0 Å². The Labute approximate surface area is 506 Å². The molecule has 3 aromatic rings. The number of nitrogens with one attached hydrogen (secondary N) is 2. The maximum atomic E-state index is 13.4. The summed E-state index contributed by atoms with van der Waals surface area (Å²) >= 11 is 0. The molecule has 10 aliphatic heterocycles. The Bertz CT molecular complexity index is 2480. The van der Waals surface area contributed by atoms with Crippen LogP contribution in [0.25, 0.3) is 0 Å². The van der Waals surface area contributed by atoms with Gasteiger partial charge >= 0.3 is 5.97 Å². The zero-order valence-electron chi connectivity index (χ0n) is 56.3. The third-order valence-corrected chi connectivity index (χ3v) is 18.2. The molecule has 8 atom stereocenters. The number of hydrogen-bond acceptors (Lipinski definition) is 11. The van der Waals surface area contributed by atoms with Crippen LogP contribution < -0.4 is 15.5 Å². The number of piperidine rings is 4. The molecule has 2 N–H and O–H groups in total. The lowest BCUT2D eigenvalue weighted by atomic mass is 9.60. The SMILES string of the molecule is CC.CC.CC.CC.CC.CC.CC.CC.CC.CCC1(C(=O)OC)CCCN2CCC3(Nc4ccccc4C3=O)C21.CCC12CCCN3CCC4(C(=O)c5ccccc5N4C(=O)C1)C32.O=C1c2ccccc2NC12CCN1CCCCC12. The number of esters is 1. The van der Waals surface area contributed by atoms with E-state index < -0.39 is 16.5 Å². The third-order valence-electron chi connectivity index (χ3n) is 18.2. The number of ketones is 3. The van der Waals surface area contributed by atoms with Crippen LogP contribution in [0.15, 0.2) is 72.8 Å². The molecule has 8 unspecified atom stereocenters. The normalized spacial score (nSPS) is 28.8. The van der Waals surface area contributed by atoms with Gasteiger partial charge in [-0.1, -0.05) is 181 Å². The van der Waals surface area contributed by atoms with Crippen LogP contribution in [0.2, 0.25) is 0 Å². The summed E-state index contributed by atoms with van der Waals surface area (Å²) in [6.45, 7) is 46.3. The molecule has 0 aromatic heterocycles. The highest BCUT2D eigenvalue weighted by Gasteiger charge is 2.71. The fraction of sp³-hybridized carbons (Fsp3) is 0.676. The molecule has 0 radical (unpaired) electrons. The molecule has 13 rings (SSSR count). The molecule has 0 bridgehead atoms. The fourth-order valence-electron chi connectivity index (χ4n) is 15.4. The number of rotatable bonds is 3. The van der Waals surface area contributed by atoms with E-state index in [1.807, 2.05) is 209 Å². The van der Waals surface area contributed by atoms with E-state index in [-0.39, 0.29) is 46.5 Å². The van der Waals surface area contributed by atoms with Gasteiger partial charge < -0.3 is 15.4 Å². The zero-order valence-corrected chi connectivity index (χ0v) is 56.3. The first-order valence-electron chi connectivity index (χ1n) is 33.7. The number of fused-ring (bicyclic) bond motifs is 8. The number of amides is 1. The number of ether oxygens (including phenoxy) is 1. The highest BCUT2D eigenvalue weighted by Crippen LogP contribution is 2.60. The molecule has 3 spiro atoms. The monoisotopic (exact) mass is 1150 g/mol. The minimum atomic E-state index is -0.700. The van der Waals surface area contributed by atoms with E-state index in [0.29, 0.717) is 24.7 Å². The lowest BCUT2D eigenvalue weighted by Gasteiger charge is -2.57. The fourth-order valence-corrected chi connectivity index (χ4v) is 15.4. The summed E-state index contributed by atoms with van der Waals surface area (Å²) in [5, 5.41) is 7.10. The highest BCUT2D eigenvalue weighted by atomic mass is 16.5. The first-order valence-corrected chi connectivity index (χ1v) is 33.7. The van der Waals surface area contributed by atoms with E-state index in [1.165, 1.54) is 20.0 Å². The lowest BCUT2D eigenvalue weighted by Crippen LogP contribution is -2.71. The molecule has 10 heterocycles. The van der Waals surface area contributed by atoms with Gasteiger partial charge in [0.05, 0.1) is 24.3 Å². The molecule has 1 amide bonds. The quantitative estimate of drug-likeness (QED) is 0.243. The minimum absolute atomic E-state index is 0.0139. The summed E-state index contributed by atoms with van der Waals surface area (Å²) < 4.78 is 5.20. The molecule has 83 heavy (non-hydrogen) atoms. The van der Waals surface area contributed by atoms with Crippen LogP contribution in [-0.4, -0.2) is 125 Å². The minimum Gasteiger partial charge on any atom is -0.469 e. The number of Topliss-reactive ketones (excluding diaryl/α,β-unsaturated/α-hetero) is 3. The van der Waals surface area contributed by atoms with E-state index >= 15 is 0 Å². The number of hydrogen-bond donors (Lipinski definition) is 2. The smallest absolute Gasteiger partial charge is 0.313 e. The van der Waals surface area contributed by atoms with Gasteiger partial charge in [-0.3, -0.25) is 43.6 Å². The average Bonchev–Trinajstić information content (AvgIpc) is 2.09. The Morgan fingerprint density at radius 3 is 1.49 bits per heavy atom. The lowest BCUT2D eigenvalue weighted by molar-refractivity contribution is -0.161. The van der Waals surface area contributed by atoms with Crippen molar-refractivity contribution in [3.8, 4) is 0 Å². The van der Waals surface area contributed by atoms with Crippen molar-refractivity contribution in [1.82, 2.24) is 14.7 Å². The van der Waals surface area contributed by atoms with Gasteiger partial charge in [0.1, 0.15) is 16.6 Å². The largest absolute Gasteiger partial charge is 0.469 e. The van der Waals surface area contributed by atoms with Gasteiger partial charge in [0, 0.05) is 66.2 Å². The van der Waals surface area contributed by atoms with Crippen LogP contribution in [0.5, 0.6) is 0 Å². The summed E-state index contributed by atoms with van der Waals surface area (Å²) in [4.78, 5) is 74.8. The average molecular weight is 1150 g/mol. The first kappa shape index (κ1) is 74.2. The van der Waals surface area contributed by atoms with Crippen molar-refractivity contribution in [1.29, 1.82) is 0 Å². The molecule has 10 aliphatic rings. The van der Waals surface area contributed by atoms with Crippen LogP contribution in [0.3, 0.4) is 0 Å². The molecular formula is C71H118N6O6. The van der Waals surface area contributed by atoms with Crippen molar-refractivity contribution in [3.05, 3.63) is 89.5 Å². The van der Waals surface area contributed by atoms with Gasteiger partial charge in [0.2, 0.25) is 5.91 Å². The van der Waals surface area contributed by atoms with Crippen molar-refractivity contribution in [2.75, 3.05) is 61.9 Å². The predicted molar refractivity (Wildman–Crippen MR) is 352 cm³/mol. The number of anilines is 3. The van der Waals surface area contributed by atoms with Crippen LogP contribution >= 0.6 is 0 Å². The van der Waals surface area contributed by atoms with E-state index in [1.54, 1.807) is 0 Å². The second-order valence-corrected chi connectivity index (χ2v) is 20.7. The number of carbonyl (C=O) groups is 5. The molecule has 12 heteroatoms. The number of para-hydroxylation sites is 3. The summed E-state index contributed by atoms with van der Waals surface area (Å²) in [7, 11) is 1.46. The Balaban J connectivity index is 0.000000376. The molecule has 0 saturated carbocycles. The van der Waals surface area contributed by atoms with Gasteiger partial charge in [-0.05, 0) is 132 Å². The van der Waals surface area contributed by atoms with Crippen molar-refractivity contribution in [3.63, 3.8) is 0 Å². The Hall–Kier alpha value is -4.91. The molecular weight excluding hydrogens is 1030 g/mol. The van der Waals surface area contributed by atoms with Crippen LogP contribution in [0, 0.1) is 10.8 Å². The van der Waals surface area contributed by atoms with E-state index in [9.17, 15) is 24.0 Å². The molecule has 7 saturated heterocycles. The van der Waals surface area contributed by atoms with Gasteiger partial charge in [0.15, 0.2) is 17.3 Å². The number of benzene rings is 3. The standard InChI is InChI=1S/C19H24N2O3.C19H22N2O2.C15H18N2O.9C2H6/c1-3-18(17(23)24-2)9-6-11-21-12-10-19(16(18)21)15(22)13-7-4-5-8-14(13)20-19;1-2-18-8-5-10-20-11-9-19(17(18)20)16(23)13-6-3-4-7-14(13)21(19)15(22)12-18;18-14-11-5-1-2-6-12(11)16-15(14)8-10-17-9-4-3-7-13(15)17;9*1-2/h4-5,7-8,16,20H,3,6,9-12H2,1-2H3;3-4,6-7,17H,2,5,8-12H2,1H3;1-2,5-6,13,16H,3-4,7-10H2;9*1-2H3. The van der Waals surface area contributed by atoms with Gasteiger partial charge in [-0.25, -0.2) is 0 Å². The molecule has 3 aromatic carbocycles. The van der Waals surface area contributed by atoms with Crippen molar-refractivity contribution >= 4 is 46.3 Å². The second kappa shape index (κ2) is 34.9. The van der Waals surface area contributed by atoms with E-state index in [0.717, 1.165) is 131 Å². The topological polar surface area (TPSA) is 132 Å². The number of methoxy groups -OCH3 is 1. The molecule has 7 fully saturated rings. The number of carbonyl (C=O) groups excluding carboxylic acids is 5. The van der Waals surface area contributed by atoms with Gasteiger partial charge in [-0.2, -0.15) is 0 Å². The van der Waals surface area contributed by atoms with Crippen molar-refractivity contribution in [2.24, 2.45) is 10.8 Å². The predicted octanol–water partition coefficient (Wildman–Crippen LogP) is 16.6. The third kappa shape index (κ3) is 13.1.